The molecule has 2 atom stereocenters. The van der Waals surface area contributed by atoms with Gasteiger partial charge >= 0.3 is 15.2 Å². The summed E-state index contributed by atoms with van der Waals surface area (Å²) >= 11 is 0. The van der Waals surface area contributed by atoms with E-state index in [-0.39, 0.29) is 6.61 Å². The molecule has 0 aliphatic carbocycles. The fraction of sp³-hybridized carbons (Fsp3) is 0.500. The molecule has 0 aliphatic rings. The first-order valence-corrected chi connectivity index (χ1v) is 6.43. The van der Waals surface area contributed by atoms with Crippen LogP contribution in [-0.2, 0) is 13.7 Å². The zero-order valence-corrected chi connectivity index (χ0v) is 8.40. The third-order valence-electron chi connectivity index (χ3n) is 1.06. The van der Waals surface area contributed by atoms with Crippen LogP contribution in [0.2, 0.25) is 0 Å². The second-order valence-electron chi connectivity index (χ2n) is 2.15. The van der Waals surface area contributed by atoms with Crippen molar-refractivity contribution >= 4 is 15.2 Å². The molecule has 0 amide bonds. The molecule has 0 bridgehead atoms. The summed E-state index contributed by atoms with van der Waals surface area (Å²) in [7, 11) is -9.29. The zero-order chi connectivity index (χ0) is 10.7. The van der Waals surface area contributed by atoms with E-state index in [1.807, 2.05) is 0 Å². The van der Waals surface area contributed by atoms with E-state index in [0.717, 1.165) is 6.08 Å². The summed E-state index contributed by atoms with van der Waals surface area (Å²) < 4.78 is 25.7. The number of hydrogen-bond donors (Lipinski definition) is 4. The summed E-state index contributed by atoms with van der Waals surface area (Å²) in [5, 5.41) is 0. The highest BCUT2D eigenvalue weighted by atomic mass is 31.2. The maximum absolute atomic E-state index is 11.0. The first-order valence-electron chi connectivity index (χ1n) is 3.10. The van der Waals surface area contributed by atoms with E-state index in [2.05, 4.69) is 11.1 Å². The van der Waals surface area contributed by atoms with Gasteiger partial charge in [0.2, 0.25) is 5.52 Å². The fourth-order valence-corrected chi connectivity index (χ4v) is 2.62. The lowest BCUT2D eigenvalue weighted by Crippen LogP contribution is -2.21. The van der Waals surface area contributed by atoms with Crippen molar-refractivity contribution in [3.8, 4) is 0 Å². The van der Waals surface area contributed by atoms with Crippen LogP contribution in [0, 0.1) is 0 Å². The highest BCUT2D eigenvalue weighted by molar-refractivity contribution is 7.71. The molecule has 5 N–H and O–H groups in total. The Bertz CT molecular complexity index is 272. The molecule has 78 valence electrons. The quantitative estimate of drug-likeness (QED) is 0.380. The fourth-order valence-electron chi connectivity index (χ4n) is 0.426. The number of hydrogen-bond acceptors (Lipinski definition) is 4. The summed E-state index contributed by atoms with van der Waals surface area (Å²) in [6.45, 7) is 2.89. The summed E-state index contributed by atoms with van der Waals surface area (Å²) in [6.07, 6.45) is 1.16. The minimum atomic E-state index is -4.81. The molecule has 0 spiro atoms. The van der Waals surface area contributed by atoms with Crippen molar-refractivity contribution in [2.75, 3.05) is 6.61 Å². The molecular weight excluding hydrogens is 220 g/mol. The Balaban J connectivity index is 4.55. The van der Waals surface area contributed by atoms with Crippen molar-refractivity contribution in [2.24, 2.45) is 5.73 Å². The van der Waals surface area contributed by atoms with Crippen molar-refractivity contribution in [1.82, 2.24) is 0 Å². The van der Waals surface area contributed by atoms with E-state index in [9.17, 15) is 9.13 Å². The van der Waals surface area contributed by atoms with Crippen LogP contribution in [0.1, 0.15) is 0 Å². The first kappa shape index (κ1) is 13.0. The molecule has 0 aliphatic heterocycles. The van der Waals surface area contributed by atoms with Crippen molar-refractivity contribution < 1.29 is 28.3 Å². The van der Waals surface area contributed by atoms with Gasteiger partial charge in [-0.3, -0.25) is 9.13 Å². The zero-order valence-electron chi connectivity index (χ0n) is 6.61. The first-order chi connectivity index (χ1) is 5.72. The normalized spacial score (nSPS) is 19.1. The van der Waals surface area contributed by atoms with Crippen LogP contribution in [0.4, 0.5) is 0 Å². The molecule has 0 saturated carbocycles. The molecule has 0 heterocycles. The lowest BCUT2D eigenvalue weighted by molar-refractivity contribution is 0.277. The average Bonchev–Trinajstić information content (AvgIpc) is 1.98. The Labute approximate surface area is 74.9 Å². The largest absolute Gasteiger partial charge is 0.357 e. The molecule has 0 saturated heterocycles. The highest BCUT2D eigenvalue weighted by Gasteiger charge is 2.42. The monoisotopic (exact) mass is 231 g/mol. The van der Waals surface area contributed by atoms with Gasteiger partial charge in [-0.15, -0.1) is 6.58 Å². The van der Waals surface area contributed by atoms with Gasteiger partial charge in [0.1, 0.15) is 0 Å². The van der Waals surface area contributed by atoms with Crippen molar-refractivity contribution in [3.05, 3.63) is 12.7 Å². The Morgan fingerprint density at radius 2 is 1.92 bits per heavy atom. The maximum atomic E-state index is 11.0. The third kappa shape index (κ3) is 4.15. The molecule has 0 aromatic heterocycles. The molecule has 9 heteroatoms. The summed E-state index contributed by atoms with van der Waals surface area (Å²) in [5.74, 6) is 0. The van der Waals surface area contributed by atoms with Gasteiger partial charge in [-0.25, -0.2) is 0 Å². The van der Waals surface area contributed by atoms with Crippen LogP contribution in [0.5, 0.6) is 0 Å². The van der Waals surface area contributed by atoms with Gasteiger partial charge in [-0.05, 0) is 0 Å². The van der Waals surface area contributed by atoms with E-state index in [0.29, 0.717) is 0 Å². The SMILES string of the molecule is C=CCOP(=O)(O)C(N)P(=O)(O)O. The number of nitrogens with two attached hydrogens (primary N) is 1. The Morgan fingerprint density at radius 3 is 2.23 bits per heavy atom. The Hall–Kier alpha value is -0.0000000000000000416. The molecular formula is C4H11NO6P2. The Morgan fingerprint density at radius 1 is 1.46 bits per heavy atom. The minimum absolute atomic E-state index is 0.304. The van der Waals surface area contributed by atoms with Crippen molar-refractivity contribution in [1.29, 1.82) is 0 Å². The van der Waals surface area contributed by atoms with Crippen LogP contribution in [0.3, 0.4) is 0 Å². The van der Waals surface area contributed by atoms with Gasteiger partial charge < -0.3 is 24.9 Å². The molecule has 7 nitrogen and oxygen atoms in total. The highest BCUT2D eigenvalue weighted by Crippen LogP contribution is 2.59. The van der Waals surface area contributed by atoms with Crippen LogP contribution >= 0.6 is 15.2 Å². The summed E-state index contributed by atoms with van der Waals surface area (Å²) in [4.78, 5) is 25.9. The summed E-state index contributed by atoms with van der Waals surface area (Å²) in [6, 6.07) is 0. The second-order valence-corrected chi connectivity index (χ2v) is 6.24. The summed E-state index contributed by atoms with van der Waals surface area (Å²) in [5.41, 5.74) is 2.63. The van der Waals surface area contributed by atoms with Crippen LogP contribution < -0.4 is 5.73 Å². The van der Waals surface area contributed by atoms with Crippen LogP contribution in [0.25, 0.3) is 0 Å². The minimum Gasteiger partial charge on any atom is -0.323 e. The maximum Gasteiger partial charge on any atom is 0.357 e. The molecule has 0 radical (unpaired) electrons. The van der Waals surface area contributed by atoms with Gasteiger partial charge in [-0.1, -0.05) is 6.08 Å². The average molecular weight is 231 g/mol. The van der Waals surface area contributed by atoms with Crippen molar-refractivity contribution in [3.63, 3.8) is 0 Å². The molecule has 0 rings (SSSR count). The second kappa shape index (κ2) is 4.48. The van der Waals surface area contributed by atoms with E-state index in [1.54, 1.807) is 0 Å². The topological polar surface area (TPSA) is 130 Å². The van der Waals surface area contributed by atoms with E-state index >= 15 is 0 Å². The predicted molar refractivity (Wildman–Crippen MR) is 46.0 cm³/mol. The molecule has 0 aromatic rings. The van der Waals surface area contributed by atoms with E-state index < -0.39 is 20.7 Å². The molecule has 13 heavy (non-hydrogen) atoms. The van der Waals surface area contributed by atoms with Gasteiger partial charge in [0.25, 0.3) is 0 Å². The van der Waals surface area contributed by atoms with Gasteiger partial charge in [-0.2, -0.15) is 0 Å². The Kier molecular flexibility index (Phi) is 4.48. The lowest BCUT2D eigenvalue weighted by atomic mass is 10.7. The van der Waals surface area contributed by atoms with Crippen LogP contribution in [0.15, 0.2) is 12.7 Å². The van der Waals surface area contributed by atoms with E-state index in [1.165, 1.54) is 0 Å². The van der Waals surface area contributed by atoms with E-state index in [4.69, 9.17) is 20.4 Å². The van der Waals surface area contributed by atoms with Gasteiger partial charge in [0.05, 0.1) is 6.61 Å². The molecule has 2 unspecified atom stereocenters. The smallest absolute Gasteiger partial charge is 0.323 e. The molecule has 0 fully saturated rings. The third-order valence-corrected chi connectivity index (χ3v) is 4.71. The predicted octanol–water partition coefficient (Wildman–Crippen LogP) is -0.206. The lowest BCUT2D eigenvalue weighted by Gasteiger charge is -2.18. The van der Waals surface area contributed by atoms with Gasteiger partial charge in [0, 0.05) is 0 Å². The molecule has 0 aromatic carbocycles. The number of rotatable bonds is 5. The standard InChI is InChI=1S/C4H11NO6P2/c1-2-3-11-13(9,10)4(5)12(6,7)8/h2,4H,1,3,5H2,(H,9,10)(H2,6,7,8). The van der Waals surface area contributed by atoms with Crippen LogP contribution in [-0.4, -0.2) is 26.8 Å². The van der Waals surface area contributed by atoms with Gasteiger partial charge in [0.15, 0.2) is 0 Å². The van der Waals surface area contributed by atoms with Crippen molar-refractivity contribution in [2.45, 2.75) is 5.52 Å².